The summed E-state index contributed by atoms with van der Waals surface area (Å²) < 4.78 is 16.8. The number of hydrogen-bond donors (Lipinski definition) is 0. The molecule has 0 saturated carbocycles. The summed E-state index contributed by atoms with van der Waals surface area (Å²) >= 11 is 0. The van der Waals surface area contributed by atoms with Crippen molar-refractivity contribution in [3.63, 3.8) is 0 Å². The number of carbonyl (C=O) groups is 3. The molecule has 0 bridgehead atoms. The van der Waals surface area contributed by atoms with Crippen molar-refractivity contribution in [2.45, 2.75) is 297 Å². The molecule has 0 aromatic carbocycles. The van der Waals surface area contributed by atoms with Gasteiger partial charge >= 0.3 is 17.9 Å². The molecule has 0 radical (unpaired) electrons. The zero-order valence-electron chi connectivity index (χ0n) is 47.9. The van der Waals surface area contributed by atoms with Gasteiger partial charge in [0.25, 0.3) is 0 Å². The zero-order chi connectivity index (χ0) is 52.9. The fraction of sp³-hybridized carbons (Fsp3) is 0.716. The quantitative estimate of drug-likeness (QED) is 0.0261. The molecule has 0 saturated heterocycles. The summed E-state index contributed by atoms with van der Waals surface area (Å²) in [5, 5.41) is 0. The van der Waals surface area contributed by atoms with Crippen LogP contribution < -0.4 is 0 Å². The largest absolute Gasteiger partial charge is 0.462 e. The van der Waals surface area contributed by atoms with Crippen LogP contribution >= 0.6 is 0 Å². The van der Waals surface area contributed by atoms with Crippen LogP contribution in [0.4, 0.5) is 0 Å². The minimum absolute atomic E-state index is 0.102. The maximum absolute atomic E-state index is 12.9. The Labute approximate surface area is 451 Å². The van der Waals surface area contributed by atoms with Crippen molar-refractivity contribution in [1.29, 1.82) is 0 Å². The van der Waals surface area contributed by atoms with E-state index in [0.717, 1.165) is 89.9 Å². The van der Waals surface area contributed by atoms with E-state index < -0.39 is 6.10 Å². The standard InChI is InChI=1S/C67H114O6/c1-4-7-10-13-16-19-22-25-28-31-34-37-39-42-45-48-51-54-57-60-66(69)72-63-64(73-67(70)61-58-55-52-49-46-43-40-36-33-30-27-24-21-18-15-12-9-6-3)62-71-65(68)59-56-53-50-47-44-41-38-35-32-29-26-23-20-17-14-11-8-5-2/h7,10,16,19,21,24-25,28,30,33-34,37,42,45,51,54,64H,4-6,8-9,11-15,17-18,20,22-23,26-27,29,31-32,35-36,38-41,43-44,46-50,52-53,55-63H2,1-3H3/b10-7-,19-16-,24-21-,28-25-,33-30-,37-34-,45-42-,54-51-. The van der Waals surface area contributed by atoms with Crippen LogP contribution in [0.1, 0.15) is 290 Å². The topological polar surface area (TPSA) is 78.9 Å². The lowest BCUT2D eigenvalue weighted by Gasteiger charge is -2.18. The van der Waals surface area contributed by atoms with Gasteiger partial charge in [0, 0.05) is 19.3 Å². The highest BCUT2D eigenvalue weighted by atomic mass is 16.6. The van der Waals surface area contributed by atoms with Crippen LogP contribution in [0.3, 0.4) is 0 Å². The first-order chi connectivity index (χ1) is 36.0. The lowest BCUT2D eigenvalue weighted by Crippen LogP contribution is -2.30. The smallest absolute Gasteiger partial charge is 0.306 e. The van der Waals surface area contributed by atoms with Crippen molar-refractivity contribution >= 4 is 17.9 Å². The van der Waals surface area contributed by atoms with Gasteiger partial charge in [-0.25, -0.2) is 0 Å². The Kier molecular flexibility index (Phi) is 57.8. The number of hydrogen-bond acceptors (Lipinski definition) is 6. The fourth-order valence-electron chi connectivity index (χ4n) is 8.50. The van der Waals surface area contributed by atoms with E-state index in [1.165, 1.54) is 154 Å². The number of rotatable bonds is 55. The molecule has 0 fully saturated rings. The van der Waals surface area contributed by atoms with E-state index in [2.05, 4.69) is 112 Å². The van der Waals surface area contributed by atoms with E-state index in [4.69, 9.17) is 14.2 Å². The molecule has 0 aromatic rings. The van der Waals surface area contributed by atoms with E-state index in [-0.39, 0.29) is 37.5 Å². The molecule has 0 aliphatic heterocycles. The number of ether oxygens (including phenoxy) is 3. The van der Waals surface area contributed by atoms with E-state index in [1.807, 2.05) is 6.08 Å². The Morgan fingerprint density at radius 1 is 0.288 bits per heavy atom. The van der Waals surface area contributed by atoms with Crippen LogP contribution in [-0.4, -0.2) is 37.2 Å². The molecule has 73 heavy (non-hydrogen) atoms. The number of esters is 3. The van der Waals surface area contributed by atoms with Crippen molar-refractivity contribution < 1.29 is 28.6 Å². The van der Waals surface area contributed by atoms with Crippen molar-refractivity contribution in [3.05, 3.63) is 97.2 Å². The molecule has 0 spiro atoms. The van der Waals surface area contributed by atoms with Gasteiger partial charge in [-0.15, -0.1) is 0 Å². The van der Waals surface area contributed by atoms with E-state index in [1.54, 1.807) is 0 Å². The SMILES string of the molecule is CC/C=C\C/C=C\C/C=C\C/C=C\C/C=C\C/C=C\CCC(=O)OCC(COC(=O)CCCCCCCCCCCCCCCCCCCC)OC(=O)CCCCCCCCC/C=C\C/C=C\CCCCCC. The molecule has 418 valence electrons. The molecule has 0 aliphatic rings. The zero-order valence-corrected chi connectivity index (χ0v) is 47.9. The molecular weight excluding hydrogens is 901 g/mol. The van der Waals surface area contributed by atoms with Gasteiger partial charge in [-0.05, 0) is 89.9 Å². The number of unbranched alkanes of at least 4 members (excludes halogenated alkanes) is 28. The lowest BCUT2D eigenvalue weighted by atomic mass is 10.0. The molecule has 0 amide bonds. The van der Waals surface area contributed by atoms with Gasteiger partial charge in [0.2, 0.25) is 0 Å². The van der Waals surface area contributed by atoms with Gasteiger partial charge < -0.3 is 14.2 Å². The molecule has 0 aliphatic carbocycles. The second-order valence-corrected chi connectivity index (χ2v) is 20.2. The third-order valence-electron chi connectivity index (χ3n) is 13.1. The Morgan fingerprint density at radius 3 is 0.932 bits per heavy atom. The average molecular weight is 1020 g/mol. The average Bonchev–Trinajstić information content (AvgIpc) is 3.39. The second-order valence-electron chi connectivity index (χ2n) is 20.2. The molecule has 0 N–H and O–H groups in total. The summed E-state index contributed by atoms with van der Waals surface area (Å²) in [6, 6.07) is 0. The van der Waals surface area contributed by atoms with E-state index in [0.29, 0.717) is 19.3 Å². The minimum atomic E-state index is -0.813. The molecule has 0 rings (SSSR count). The monoisotopic (exact) mass is 1010 g/mol. The molecule has 6 heteroatoms. The molecule has 1 unspecified atom stereocenters. The van der Waals surface area contributed by atoms with Crippen LogP contribution in [0.5, 0.6) is 0 Å². The predicted molar refractivity (Wildman–Crippen MR) is 316 cm³/mol. The van der Waals surface area contributed by atoms with E-state index >= 15 is 0 Å². The van der Waals surface area contributed by atoms with Crippen molar-refractivity contribution in [3.8, 4) is 0 Å². The maximum atomic E-state index is 12.9. The summed E-state index contributed by atoms with van der Waals surface area (Å²) in [4.78, 5) is 38.2. The number of carbonyl (C=O) groups excluding carboxylic acids is 3. The Morgan fingerprint density at radius 2 is 0.562 bits per heavy atom. The highest BCUT2D eigenvalue weighted by Crippen LogP contribution is 2.16. The van der Waals surface area contributed by atoms with Crippen LogP contribution in [0.15, 0.2) is 97.2 Å². The van der Waals surface area contributed by atoms with Crippen molar-refractivity contribution in [1.82, 2.24) is 0 Å². The first-order valence-corrected chi connectivity index (χ1v) is 30.7. The maximum Gasteiger partial charge on any atom is 0.306 e. The second kappa shape index (κ2) is 60.9. The first-order valence-electron chi connectivity index (χ1n) is 30.7. The minimum Gasteiger partial charge on any atom is -0.462 e. The summed E-state index contributed by atoms with van der Waals surface area (Å²) in [5.74, 6) is -0.989. The van der Waals surface area contributed by atoms with Crippen LogP contribution in [0, 0.1) is 0 Å². The molecule has 0 heterocycles. The Balaban J connectivity index is 4.49. The van der Waals surface area contributed by atoms with E-state index in [9.17, 15) is 14.4 Å². The molecule has 6 nitrogen and oxygen atoms in total. The van der Waals surface area contributed by atoms with Crippen molar-refractivity contribution in [2.24, 2.45) is 0 Å². The molecule has 0 aromatic heterocycles. The van der Waals surface area contributed by atoms with Crippen LogP contribution in [0.25, 0.3) is 0 Å². The van der Waals surface area contributed by atoms with Gasteiger partial charge in [-0.3, -0.25) is 14.4 Å². The lowest BCUT2D eigenvalue weighted by molar-refractivity contribution is -0.166. The summed E-state index contributed by atoms with van der Waals surface area (Å²) in [6.45, 7) is 6.47. The van der Waals surface area contributed by atoms with Crippen molar-refractivity contribution in [2.75, 3.05) is 13.2 Å². The highest BCUT2D eigenvalue weighted by molar-refractivity contribution is 5.71. The Hall–Kier alpha value is -3.67. The normalized spacial score (nSPS) is 12.8. The molecule has 1 atom stereocenters. The third-order valence-corrected chi connectivity index (χ3v) is 13.1. The number of allylic oxidation sites excluding steroid dienone is 16. The van der Waals surface area contributed by atoms with Gasteiger partial charge in [0.1, 0.15) is 13.2 Å². The fourth-order valence-corrected chi connectivity index (χ4v) is 8.50. The van der Waals surface area contributed by atoms with Gasteiger partial charge in [0.05, 0.1) is 0 Å². The van der Waals surface area contributed by atoms with Gasteiger partial charge in [-0.2, -0.15) is 0 Å². The summed E-state index contributed by atoms with van der Waals surface area (Å²) in [6.07, 6.45) is 81.3. The summed E-state index contributed by atoms with van der Waals surface area (Å²) in [5.41, 5.74) is 0. The van der Waals surface area contributed by atoms with Crippen LogP contribution in [0.2, 0.25) is 0 Å². The van der Waals surface area contributed by atoms with Gasteiger partial charge in [-0.1, -0.05) is 279 Å². The third kappa shape index (κ3) is 59.1. The predicted octanol–water partition coefficient (Wildman–Crippen LogP) is 20.9. The highest BCUT2D eigenvalue weighted by Gasteiger charge is 2.19. The van der Waals surface area contributed by atoms with Crippen LogP contribution in [-0.2, 0) is 28.6 Å². The molecular formula is C67H114O6. The first kappa shape index (κ1) is 69.3. The van der Waals surface area contributed by atoms with Gasteiger partial charge in [0.15, 0.2) is 6.10 Å². The Bertz CT molecular complexity index is 1440. The summed E-state index contributed by atoms with van der Waals surface area (Å²) in [7, 11) is 0.